The average Bonchev–Trinajstić information content (AvgIpc) is 1.62. The second-order valence-corrected chi connectivity index (χ2v) is 33.8. The Kier molecular flexibility index (Phi) is 28.1. The van der Waals surface area contributed by atoms with E-state index in [2.05, 4.69) is 60.3 Å². The number of halogens is 12. The molecule has 28 nitrogen and oxygen atoms in total. The normalized spacial score (nSPS) is 17.7. The Hall–Kier alpha value is -15.7. The number of aliphatic hydroxyl groups is 4. The number of benzene rings is 8. The van der Waals surface area contributed by atoms with Crippen molar-refractivity contribution in [2.75, 3.05) is 28.4 Å². The smallest absolute Gasteiger partial charge is 0.194 e. The minimum absolute atomic E-state index is 0.193. The summed E-state index contributed by atoms with van der Waals surface area (Å²) in [5.41, 5.74) is 11.1. The Morgan fingerprint density at radius 3 is 0.643 bits per heavy atom. The maximum atomic E-state index is 13.8. The number of imidazole rings is 4. The summed E-state index contributed by atoms with van der Waals surface area (Å²) in [5, 5.41) is 58.8. The zero-order valence-corrected chi connectivity index (χ0v) is 76.0. The second kappa shape index (κ2) is 40.9. The van der Waals surface area contributed by atoms with Gasteiger partial charge in [0.25, 0.3) is 0 Å². The van der Waals surface area contributed by atoms with Crippen molar-refractivity contribution in [2.24, 2.45) is 0 Å². The summed E-state index contributed by atoms with van der Waals surface area (Å²) in [4.78, 5) is 35.1. The van der Waals surface area contributed by atoms with E-state index in [1.165, 1.54) is 18.7 Å². The highest BCUT2D eigenvalue weighted by Crippen LogP contribution is 2.41. The molecule has 0 saturated heterocycles. The van der Waals surface area contributed by atoms with Crippen LogP contribution < -0.4 is 18.9 Å². The molecule has 0 bridgehead atoms. The van der Waals surface area contributed by atoms with Gasteiger partial charge in [0, 0.05) is 48.5 Å². The molecule has 8 atom stereocenters. The van der Waals surface area contributed by atoms with E-state index in [9.17, 15) is 73.1 Å². The van der Waals surface area contributed by atoms with Crippen LogP contribution in [-0.2, 0) is 26.2 Å². The number of aliphatic hydroxyl groups excluding tert-OH is 4. The number of ether oxygens (including phenoxy) is 4. The van der Waals surface area contributed by atoms with Crippen LogP contribution in [0, 0.1) is 97.5 Å². The average molecular weight is 1930 g/mol. The van der Waals surface area contributed by atoms with E-state index in [4.69, 9.17) is 18.9 Å². The van der Waals surface area contributed by atoms with Gasteiger partial charge in [-0.05, 0) is 219 Å². The van der Waals surface area contributed by atoms with E-state index < -0.39 is 118 Å². The fraction of sp³-hybridized carbons (Fsp3) is 0.240. The topological polar surface area (TPSA) is 312 Å². The van der Waals surface area contributed by atoms with Crippen LogP contribution in [0.3, 0.4) is 0 Å². The predicted octanol–water partition coefficient (Wildman–Crippen LogP) is 17.1. The summed E-state index contributed by atoms with van der Waals surface area (Å²) in [7, 11) is 6.36. The lowest BCUT2D eigenvalue weighted by Gasteiger charge is -2.26. The Labute approximate surface area is 791 Å². The van der Waals surface area contributed by atoms with Crippen LogP contribution in [0.25, 0.3) is 71.4 Å². The number of methoxy groups -OCH3 is 4. The van der Waals surface area contributed by atoms with E-state index in [-0.39, 0.29) is 74.1 Å². The van der Waals surface area contributed by atoms with Crippen LogP contribution >= 0.6 is 0 Å². The highest BCUT2D eigenvalue weighted by atomic mass is 19.2. The lowest BCUT2D eigenvalue weighted by molar-refractivity contribution is 0.116. The van der Waals surface area contributed by atoms with Crippen LogP contribution in [-0.4, -0.2) is 171 Å². The first-order chi connectivity index (χ1) is 67.3. The SMILES string of the molecule is COc1cc(/C=C/c2nc3n(n2)C[C@@H](O)C[C@@H]3c2cc(F)c(F)c(F)c2)ccc1-n1cnc(C)c1.COc1cc(/C=C/c2nc3n(n2)C[C@@H](O)C[C@H]3c2cc(F)c(F)c(F)c2)ccc1-n1cnc(C)c1.COc1cc(/C=C/c2nc3n(n2)C[C@H](O)C[C@@H]3c2cc(F)c(F)c(F)c2)ccc1-n1cnc(C)c1.COc1cc(/C=C/c2nc3n(n2)C[C@H](O)C[C@H]3c2cc(F)c(F)c(F)c2)ccc1-n1cnc(C)c1. The Balaban J connectivity index is 0.000000129. The molecule has 40 heteroatoms. The summed E-state index contributed by atoms with van der Waals surface area (Å²) in [5.74, 6) is -13.0. The number of fused-ring (bicyclic) bond motifs is 4. The third-order valence-electron chi connectivity index (χ3n) is 23.8. The molecule has 20 rings (SSSR count). The molecule has 8 aromatic heterocycles. The van der Waals surface area contributed by atoms with Gasteiger partial charge < -0.3 is 57.6 Å². The molecule has 0 radical (unpaired) electrons. The van der Waals surface area contributed by atoms with Crippen LogP contribution in [0.5, 0.6) is 23.0 Å². The van der Waals surface area contributed by atoms with E-state index >= 15 is 0 Å². The van der Waals surface area contributed by atoms with Crippen molar-refractivity contribution in [2.45, 2.75) is 128 Å². The molecule has 140 heavy (non-hydrogen) atoms. The second-order valence-electron chi connectivity index (χ2n) is 33.8. The minimum Gasteiger partial charge on any atom is -0.495 e. The Morgan fingerprint density at radius 1 is 0.279 bits per heavy atom. The highest BCUT2D eigenvalue weighted by Gasteiger charge is 2.37. The molecule has 0 spiro atoms. The maximum absolute atomic E-state index is 13.8. The predicted molar refractivity (Wildman–Crippen MR) is 490 cm³/mol. The van der Waals surface area contributed by atoms with Gasteiger partial charge >= 0.3 is 0 Å². The van der Waals surface area contributed by atoms with Crippen molar-refractivity contribution < 1.29 is 92.1 Å². The standard InChI is InChI=1S/4C25H22F3N5O2/c4*1-14-11-32(13-29-14)21-5-3-15(7-22(21)35-2)4-6-23-30-25-18(10-17(34)12-33(25)31-23)16-8-19(26)24(28)20(27)9-16/h4*3-9,11,13,17-18,34H,10,12H2,1-2H3/b4*6-4+/t2*17-,18+;2*17-,18-/m1010/s1. The molecule has 4 aliphatic heterocycles. The quantitative estimate of drug-likeness (QED) is 0.0407. The molecule has 12 heterocycles. The monoisotopic (exact) mass is 1920 g/mol. The summed E-state index contributed by atoms with van der Waals surface area (Å²) < 4.78 is 200. The van der Waals surface area contributed by atoms with Gasteiger partial charge in [0.2, 0.25) is 0 Å². The number of rotatable bonds is 20. The van der Waals surface area contributed by atoms with Gasteiger partial charge in [0.1, 0.15) is 46.3 Å². The van der Waals surface area contributed by atoms with Crippen molar-refractivity contribution in [1.29, 1.82) is 0 Å². The van der Waals surface area contributed by atoms with Gasteiger partial charge in [-0.1, -0.05) is 48.6 Å². The van der Waals surface area contributed by atoms with Gasteiger partial charge in [0.05, 0.1) is 150 Å². The van der Waals surface area contributed by atoms with Crippen molar-refractivity contribution >= 4 is 48.6 Å². The van der Waals surface area contributed by atoms with E-state index in [0.717, 1.165) is 116 Å². The van der Waals surface area contributed by atoms with Crippen LogP contribution in [0.2, 0.25) is 0 Å². The molecule has 0 fully saturated rings. The third kappa shape index (κ3) is 21.1. The highest BCUT2D eigenvalue weighted by molar-refractivity contribution is 5.73. The minimum atomic E-state index is -1.53. The molecular weight excluding hydrogens is 1840 g/mol. The Morgan fingerprint density at radius 2 is 0.471 bits per heavy atom. The molecule has 8 aromatic carbocycles. The van der Waals surface area contributed by atoms with E-state index in [0.29, 0.717) is 69.6 Å². The summed E-state index contributed by atoms with van der Waals surface area (Å²) in [6, 6.07) is 30.3. The number of aryl methyl sites for hydroxylation is 4. The zero-order valence-electron chi connectivity index (χ0n) is 76.0. The molecule has 0 aliphatic carbocycles. The van der Waals surface area contributed by atoms with Crippen LogP contribution in [0.4, 0.5) is 52.7 Å². The fourth-order valence-electron chi connectivity index (χ4n) is 17.1. The van der Waals surface area contributed by atoms with Crippen molar-refractivity contribution in [3.8, 4) is 45.7 Å². The van der Waals surface area contributed by atoms with Gasteiger partial charge in [-0.3, -0.25) is 0 Å². The molecule has 720 valence electrons. The summed E-state index contributed by atoms with van der Waals surface area (Å²) >= 11 is 0. The first-order valence-electron chi connectivity index (χ1n) is 43.9. The molecule has 0 unspecified atom stereocenters. The number of hydrogen-bond acceptors (Lipinski definition) is 20. The van der Waals surface area contributed by atoms with Gasteiger partial charge in [-0.25, -0.2) is 111 Å². The fourth-order valence-corrected chi connectivity index (χ4v) is 17.1. The molecule has 4 N–H and O–H groups in total. The molecular formula is C100H88F12N20O8. The third-order valence-corrected chi connectivity index (χ3v) is 23.8. The number of nitrogens with zero attached hydrogens (tertiary/aromatic N) is 20. The van der Waals surface area contributed by atoms with Gasteiger partial charge in [-0.2, -0.15) is 20.4 Å². The van der Waals surface area contributed by atoms with Crippen molar-refractivity contribution in [1.82, 2.24) is 97.3 Å². The maximum Gasteiger partial charge on any atom is 0.194 e. The van der Waals surface area contributed by atoms with E-state index in [1.807, 2.05) is 168 Å². The van der Waals surface area contributed by atoms with Crippen molar-refractivity contribution in [3.05, 3.63) is 355 Å². The number of hydrogen-bond donors (Lipinski definition) is 4. The zero-order chi connectivity index (χ0) is 98.8. The van der Waals surface area contributed by atoms with Gasteiger partial charge in [-0.15, -0.1) is 0 Å². The van der Waals surface area contributed by atoms with Gasteiger partial charge in [0.15, 0.2) is 93.1 Å². The largest absolute Gasteiger partial charge is 0.495 e. The molecule has 0 saturated carbocycles. The van der Waals surface area contributed by atoms with E-state index in [1.54, 1.807) is 78.1 Å². The molecule has 0 amide bonds. The lowest BCUT2D eigenvalue weighted by Crippen LogP contribution is -2.29. The molecule has 16 aromatic rings. The molecule has 4 aliphatic rings. The first kappa shape index (κ1) is 96.0. The van der Waals surface area contributed by atoms with Crippen LogP contribution in [0.15, 0.2) is 171 Å². The summed E-state index contributed by atoms with van der Waals surface area (Å²) in [6.07, 6.45) is 26.2. The summed E-state index contributed by atoms with van der Waals surface area (Å²) in [6.45, 7) is 8.43. The lowest BCUT2D eigenvalue weighted by atomic mass is 9.89. The Bertz CT molecular complexity index is 6480. The number of aromatic nitrogens is 20. The van der Waals surface area contributed by atoms with Crippen molar-refractivity contribution in [3.63, 3.8) is 0 Å². The first-order valence-corrected chi connectivity index (χ1v) is 43.9. The van der Waals surface area contributed by atoms with Crippen LogP contribution in [0.1, 0.15) is 163 Å².